The molecule has 0 saturated carbocycles. The Balaban J connectivity index is 2.68. The van der Waals surface area contributed by atoms with Crippen molar-refractivity contribution < 1.29 is 5.11 Å². The van der Waals surface area contributed by atoms with Crippen molar-refractivity contribution in [2.45, 2.75) is 12.8 Å². The molecule has 2 heteroatoms. The second-order valence-corrected chi connectivity index (χ2v) is 4.23. The third-order valence-electron chi connectivity index (χ3n) is 2.68. The van der Waals surface area contributed by atoms with Crippen LogP contribution in [0.4, 0.5) is 0 Å². The van der Waals surface area contributed by atoms with Crippen molar-refractivity contribution in [1.29, 1.82) is 0 Å². The summed E-state index contributed by atoms with van der Waals surface area (Å²) in [6.45, 7) is 2.17. The van der Waals surface area contributed by atoms with Crippen molar-refractivity contribution in [1.82, 2.24) is 0 Å². The van der Waals surface area contributed by atoms with E-state index in [1.165, 1.54) is 0 Å². The molecule has 0 aromatic heterocycles. The Morgan fingerprint density at radius 1 is 1.27 bits per heavy atom. The van der Waals surface area contributed by atoms with Gasteiger partial charge in [0.15, 0.2) is 0 Å². The minimum Gasteiger partial charge on any atom is -0.396 e. The lowest BCUT2D eigenvalue weighted by Gasteiger charge is -2.12. The number of aliphatic hydroxyl groups excluding tert-OH is 1. The first-order valence-electron chi connectivity index (χ1n) is 5.01. The van der Waals surface area contributed by atoms with Crippen LogP contribution in [0.3, 0.4) is 0 Å². The molecule has 2 aromatic carbocycles. The number of halogens is 1. The quantitative estimate of drug-likeness (QED) is 0.820. The predicted octanol–water partition coefficient (Wildman–Crippen LogP) is 3.59. The molecule has 0 radical (unpaired) electrons. The summed E-state index contributed by atoms with van der Waals surface area (Å²) in [5, 5.41) is 12.2. The Labute approximate surface area is 94.3 Å². The van der Waals surface area contributed by atoms with Gasteiger partial charge in [-0.15, -0.1) is 0 Å². The number of fused-ring (bicyclic) bond motifs is 1. The zero-order valence-electron chi connectivity index (χ0n) is 8.57. The van der Waals surface area contributed by atoms with Gasteiger partial charge in [-0.25, -0.2) is 0 Å². The van der Waals surface area contributed by atoms with Crippen molar-refractivity contribution in [3.63, 3.8) is 0 Å². The van der Waals surface area contributed by atoms with E-state index < -0.39 is 0 Å². The van der Waals surface area contributed by atoms with Gasteiger partial charge in [0, 0.05) is 17.5 Å². The molecule has 15 heavy (non-hydrogen) atoms. The van der Waals surface area contributed by atoms with Crippen molar-refractivity contribution in [3.05, 3.63) is 47.0 Å². The Morgan fingerprint density at radius 2 is 2.07 bits per heavy atom. The lowest BCUT2D eigenvalue weighted by Crippen LogP contribution is -1.99. The summed E-state index contributed by atoms with van der Waals surface area (Å²) in [4.78, 5) is 0. The van der Waals surface area contributed by atoms with Gasteiger partial charge in [-0.1, -0.05) is 42.8 Å². The van der Waals surface area contributed by atoms with Crippen LogP contribution < -0.4 is 0 Å². The van der Waals surface area contributed by atoms with Crippen LogP contribution in [-0.4, -0.2) is 11.7 Å². The molecule has 0 amide bonds. The number of aliphatic hydroxyl groups is 1. The first-order valence-corrected chi connectivity index (χ1v) is 5.39. The summed E-state index contributed by atoms with van der Waals surface area (Å²) >= 11 is 5.98. The minimum absolute atomic E-state index is 0.146. The number of hydrogen-bond donors (Lipinski definition) is 1. The molecular formula is C13H13ClO. The zero-order chi connectivity index (χ0) is 10.8. The molecule has 0 aliphatic heterocycles. The fraction of sp³-hybridized carbons (Fsp3) is 0.231. The van der Waals surface area contributed by atoms with Gasteiger partial charge >= 0.3 is 0 Å². The van der Waals surface area contributed by atoms with Crippen LogP contribution in [-0.2, 0) is 0 Å². The van der Waals surface area contributed by atoms with E-state index in [9.17, 15) is 5.11 Å². The highest BCUT2D eigenvalue weighted by Crippen LogP contribution is 2.27. The van der Waals surface area contributed by atoms with E-state index in [4.69, 9.17) is 11.6 Å². The maximum Gasteiger partial charge on any atom is 0.0497 e. The lowest BCUT2D eigenvalue weighted by atomic mass is 9.95. The standard InChI is InChI=1S/C13H13ClO/c1-9(8-15)12-4-2-3-10-5-6-11(14)7-13(10)12/h2-7,9,15H,8H2,1H3. The van der Waals surface area contributed by atoms with Crippen LogP contribution in [0.1, 0.15) is 18.4 Å². The Kier molecular flexibility index (Phi) is 2.94. The van der Waals surface area contributed by atoms with Crippen molar-refractivity contribution in [2.75, 3.05) is 6.61 Å². The van der Waals surface area contributed by atoms with Crippen molar-refractivity contribution in [2.24, 2.45) is 0 Å². The largest absolute Gasteiger partial charge is 0.396 e. The van der Waals surface area contributed by atoms with Crippen LogP contribution in [0.15, 0.2) is 36.4 Å². The van der Waals surface area contributed by atoms with Crippen LogP contribution in [0, 0.1) is 0 Å². The predicted molar refractivity (Wildman–Crippen MR) is 64.5 cm³/mol. The highest BCUT2D eigenvalue weighted by Gasteiger charge is 2.08. The summed E-state index contributed by atoms with van der Waals surface area (Å²) < 4.78 is 0. The number of benzene rings is 2. The second-order valence-electron chi connectivity index (χ2n) is 3.80. The van der Waals surface area contributed by atoms with E-state index in [1.807, 2.05) is 37.3 Å². The normalized spacial score (nSPS) is 13.0. The molecule has 0 aliphatic rings. The Morgan fingerprint density at radius 3 is 2.80 bits per heavy atom. The van der Waals surface area contributed by atoms with E-state index in [2.05, 4.69) is 6.07 Å². The molecule has 1 nitrogen and oxygen atoms in total. The molecule has 0 bridgehead atoms. The van der Waals surface area contributed by atoms with Crippen LogP contribution in [0.25, 0.3) is 10.8 Å². The topological polar surface area (TPSA) is 20.2 Å². The fourth-order valence-electron chi connectivity index (χ4n) is 1.80. The minimum atomic E-state index is 0.146. The lowest BCUT2D eigenvalue weighted by molar-refractivity contribution is 0.273. The van der Waals surface area contributed by atoms with E-state index >= 15 is 0 Å². The van der Waals surface area contributed by atoms with Gasteiger partial charge in [-0.3, -0.25) is 0 Å². The van der Waals surface area contributed by atoms with E-state index in [-0.39, 0.29) is 12.5 Å². The second kappa shape index (κ2) is 4.21. The molecular weight excluding hydrogens is 208 g/mol. The summed E-state index contributed by atoms with van der Waals surface area (Å²) in [6, 6.07) is 12.0. The molecule has 1 atom stereocenters. The molecule has 1 unspecified atom stereocenters. The first kappa shape index (κ1) is 10.5. The summed E-state index contributed by atoms with van der Waals surface area (Å²) in [6.07, 6.45) is 0. The molecule has 0 spiro atoms. The average molecular weight is 221 g/mol. The zero-order valence-corrected chi connectivity index (χ0v) is 9.33. The number of rotatable bonds is 2. The highest BCUT2D eigenvalue weighted by molar-refractivity contribution is 6.31. The van der Waals surface area contributed by atoms with Crippen LogP contribution in [0.5, 0.6) is 0 Å². The SMILES string of the molecule is CC(CO)c1cccc2ccc(Cl)cc12. The monoisotopic (exact) mass is 220 g/mol. The van der Waals surface area contributed by atoms with E-state index in [0.717, 1.165) is 21.4 Å². The molecule has 1 N–H and O–H groups in total. The summed E-state index contributed by atoms with van der Waals surface area (Å²) in [7, 11) is 0. The van der Waals surface area contributed by atoms with Gasteiger partial charge in [0.05, 0.1) is 0 Å². The van der Waals surface area contributed by atoms with Gasteiger partial charge in [-0.2, -0.15) is 0 Å². The average Bonchev–Trinajstić information content (AvgIpc) is 2.27. The Bertz CT molecular complexity index is 479. The van der Waals surface area contributed by atoms with Gasteiger partial charge < -0.3 is 5.11 Å². The smallest absolute Gasteiger partial charge is 0.0497 e. The fourth-order valence-corrected chi connectivity index (χ4v) is 1.97. The van der Waals surface area contributed by atoms with Gasteiger partial charge in [-0.05, 0) is 28.5 Å². The maximum atomic E-state index is 9.18. The van der Waals surface area contributed by atoms with E-state index in [0.29, 0.717) is 0 Å². The molecule has 0 aliphatic carbocycles. The number of hydrogen-bond acceptors (Lipinski definition) is 1. The summed E-state index contributed by atoms with van der Waals surface area (Å²) in [5.74, 6) is 0.146. The summed E-state index contributed by atoms with van der Waals surface area (Å²) in [5.41, 5.74) is 1.15. The molecule has 0 fully saturated rings. The third-order valence-corrected chi connectivity index (χ3v) is 2.92. The molecule has 2 aromatic rings. The van der Waals surface area contributed by atoms with E-state index in [1.54, 1.807) is 0 Å². The van der Waals surface area contributed by atoms with Crippen molar-refractivity contribution in [3.8, 4) is 0 Å². The molecule has 0 heterocycles. The van der Waals surface area contributed by atoms with Crippen LogP contribution >= 0.6 is 11.6 Å². The molecule has 2 rings (SSSR count). The van der Waals surface area contributed by atoms with Gasteiger partial charge in [0.1, 0.15) is 0 Å². The Hall–Kier alpha value is -1.05. The maximum absolute atomic E-state index is 9.18. The molecule has 78 valence electrons. The third kappa shape index (κ3) is 1.99. The van der Waals surface area contributed by atoms with Crippen molar-refractivity contribution >= 4 is 22.4 Å². The van der Waals surface area contributed by atoms with Gasteiger partial charge in [0.2, 0.25) is 0 Å². The highest BCUT2D eigenvalue weighted by atomic mass is 35.5. The van der Waals surface area contributed by atoms with Crippen LogP contribution in [0.2, 0.25) is 5.02 Å². The first-order chi connectivity index (χ1) is 7.22. The molecule has 0 saturated heterocycles. The van der Waals surface area contributed by atoms with Gasteiger partial charge in [0.25, 0.3) is 0 Å².